The number of ether oxygens (including phenoxy) is 1. The van der Waals surface area contributed by atoms with Gasteiger partial charge in [0.2, 0.25) is 0 Å². The Morgan fingerprint density at radius 1 is 1.18 bits per heavy atom. The molecule has 0 unspecified atom stereocenters. The standard InChI is InChI=1S/C12H12F3NO/c1-11(2,3)17-10-5-4-8(7-16)6-9(10)12(13,14)15/h4-6H,1-3H3. The van der Waals surface area contributed by atoms with Gasteiger partial charge in [0, 0.05) is 0 Å². The average molecular weight is 243 g/mol. The molecular weight excluding hydrogens is 231 g/mol. The van der Waals surface area contributed by atoms with Crippen LogP contribution in [0.3, 0.4) is 0 Å². The topological polar surface area (TPSA) is 33.0 Å². The van der Waals surface area contributed by atoms with E-state index in [0.29, 0.717) is 0 Å². The van der Waals surface area contributed by atoms with E-state index in [0.717, 1.165) is 6.07 Å². The lowest BCUT2D eigenvalue weighted by molar-refractivity contribution is -0.139. The van der Waals surface area contributed by atoms with Crippen LogP contribution < -0.4 is 4.74 Å². The summed E-state index contributed by atoms with van der Waals surface area (Å²) in [5, 5.41) is 8.59. The summed E-state index contributed by atoms with van der Waals surface area (Å²) in [5.41, 5.74) is -1.70. The molecule has 0 bridgehead atoms. The molecule has 0 heterocycles. The van der Waals surface area contributed by atoms with Gasteiger partial charge in [-0.1, -0.05) is 0 Å². The van der Waals surface area contributed by atoms with Gasteiger partial charge in [-0.25, -0.2) is 0 Å². The van der Waals surface area contributed by atoms with E-state index in [-0.39, 0.29) is 11.3 Å². The summed E-state index contributed by atoms with van der Waals surface area (Å²) in [6, 6.07) is 4.94. The maximum absolute atomic E-state index is 12.8. The quantitative estimate of drug-likeness (QED) is 0.752. The Balaban J connectivity index is 3.27. The highest BCUT2D eigenvalue weighted by atomic mass is 19.4. The van der Waals surface area contributed by atoms with Gasteiger partial charge in [0.05, 0.1) is 17.2 Å². The van der Waals surface area contributed by atoms with Crippen molar-refractivity contribution < 1.29 is 17.9 Å². The molecule has 5 heteroatoms. The first-order chi connectivity index (χ1) is 7.63. The molecule has 0 aromatic heterocycles. The highest BCUT2D eigenvalue weighted by Gasteiger charge is 2.35. The maximum Gasteiger partial charge on any atom is 0.420 e. The summed E-state index contributed by atoms with van der Waals surface area (Å²) in [4.78, 5) is 0. The van der Waals surface area contributed by atoms with E-state index in [1.807, 2.05) is 0 Å². The Morgan fingerprint density at radius 3 is 2.18 bits per heavy atom. The molecule has 0 aliphatic carbocycles. The van der Waals surface area contributed by atoms with Crippen LogP contribution >= 0.6 is 0 Å². The molecule has 0 radical (unpaired) electrons. The van der Waals surface area contributed by atoms with Crippen molar-refractivity contribution in [3.05, 3.63) is 29.3 Å². The van der Waals surface area contributed by atoms with E-state index >= 15 is 0 Å². The van der Waals surface area contributed by atoms with Crippen LogP contribution in [0.4, 0.5) is 13.2 Å². The molecule has 0 atom stereocenters. The molecule has 0 spiro atoms. The van der Waals surface area contributed by atoms with Gasteiger partial charge in [-0.3, -0.25) is 0 Å². The predicted octanol–water partition coefficient (Wildman–Crippen LogP) is 3.75. The Labute approximate surface area is 97.6 Å². The minimum atomic E-state index is -4.53. The fraction of sp³-hybridized carbons (Fsp3) is 0.417. The Bertz CT molecular complexity index is 452. The van der Waals surface area contributed by atoms with Gasteiger partial charge in [-0.2, -0.15) is 18.4 Å². The molecule has 1 aromatic carbocycles. The monoisotopic (exact) mass is 243 g/mol. The van der Waals surface area contributed by atoms with Crippen LogP contribution in [-0.4, -0.2) is 5.60 Å². The van der Waals surface area contributed by atoms with Gasteiger partial charge in [0.15, 0.2) is 0 Å². The summed E-state index contributed by atoms with van der Waals surface area (Å²) in [6.07, 6.45) is -4.53. The van der Waals surface area contributed by atoms with Crippen molar-refractivity contribution in [1.82, 2.24) is 0 Å². The van der Waals surface area contributed by atoms with E-state index in [1.54, 1.807) is 26.8 Å². The molecule has 0 aliphatic heterocycles. The Kier molecular flexibility index (Phi) is 3.37. The number of halogens is 3. The van der Waals surface area contributed by atoms with Crippen LogP contribution in [0.25, 0.3) is 0 Å². The van der Waals surface area contributed by atoms with Crippen molar-refractivity contribution in [1.29, 1.82) is 5.26 Å². The van der Waals surface area contributed by atoms with Crippen molar-refractivity contribution >= 4 is 0 Å². The fourth-order valence-corrected chi connectivity index (χ4v) is 1.24. The molecular formula is C12H12F3NO. The lowest BCUT2D eigenvalue weighted by Crippen LogP contribution is -2.24. The molecule has 1 aromatic rings. The fourth-order valence-electron chi connectivity index (χ4n) is 1.24. The summed E-state index contributed by atoms with van der Waals surface area (Å²) in [7, 11) is 0. The second kappa shape index (κ2) is 4.28. The number of benzene rings is 1. The van der Waals surface area contributed by atoms with E-state index in [1.165, 1.54) is 12.1 Å². The van der Waals surface area contributed by atoms with Gasteiger partial charge in [-0.05, 0) is 39.0 Å². The molecule has 0 aliphatic rings. The van der Waals surface area contributed by atoms with Gasteiger partial charge in [0.25, 0.3) is 0 Å². The summed E-state index contributed by atoms with van der Waals surface area (Å²) in [5.74, 6) is -0.260. The van der Waals surface area contributed by atoms with Crippen LogP contribution in [-0.2, 0) is 6.18 Å². The molecule has 1 rings (SSSR count). The number of nitriles is 1. The van der Waals surface area contributed by atoms with E-state index < -0.39 is 17.3 Å². The Hall–Kier alpha value is -1.70. The highest BCUT2D eigenvalue weighted by Crippen LogP contribution is 2.38. The second-order valence-electron chi connectivity index (χ2n) is 4.53. The minimum Gasteiger partial charge on any atom is -0.488 e. The number of alkyl halides is 3. The lowest BCUT2D eigenvalue weighted by Gasteiger charge is -2.24. The second-order valence-corrected chi connectivity index (χ2v) is 4.53. The van der Waals surface area contributed by atoms with Gasteiger partial charge in [-0.15, -0.1) is 0 Å². The highest BCUT2D eigenvalue weighted by molar-refractivity contribution is 5.43. The van der Waals surface area contributed by atoms with E-state index in [9.17, 15) is 13.2 Å². The van der Waals surface area contributed by atoms with Gasteiger partial charge >= 0.3 is 6.18 Å². The molecule has 0 N–H and O–H groups in total. The van der Waals surface area contributed by atoms with E-state index in [2.05, 4.69) is 0 Å². The largest absolute Gasteiger partial charge is 0.488 e. The number of rotatable bonds is 1. The third kappa shape index (κ3) is 3.66. The third-order valence-corrected chi connectivity index (χ3v) is 1.83. The zero-order valence-electron chi connectivity index (χ0n) is 9.72. The van der Waals surface area contributed by atoms with E-state index in [4.69, 9.17) is 10.00 Å². The summed E-state index contributed by atoms with van der Waals surface area (Å²) < 4.78 is 43.5. The molecule has 17 heavy (non-hydrogen) atoms. The van der Waals surface area contributed by atoms with Crippen LogP contribution in [0.2, 0.25) is 0 Å². The molecule has 0 amide bonds. The lowest BCUT2D eigenvalue weighted by atomic mass is 10.1. The minimum absolute atomic E-state index is 0.0430. The van der Waals surface area contributed by atoms with Crippen molar-refractivity contribution in [3.63, 3.8) is 0 Å². The molecule has 0 saturated heterocycles. The summed E-state index contributed by atoms with van der Waals surface area (Å²) in [6.45, 7) is 4.97. The van der Waals surface area contributed by atoms with Crippen molar-refractivity contribution in [2.75, 3.05) is 0 Å². The van der Waals surface area contributed by atoms with Crippen LogP contribution in [0, 0.1) is 11.3 Å². The predicted molar refractivity (Wildman–Crippen MR) is 56.5 cm³/mol. The van der Waals surface area contributed by atoms with Crippen LogP contribution in [0.15, 0.2) is 18.2 Å². The van der Waals surface area contributed by atoms with Crippen molar-refractivity contribution in [3.8, 4) is 11.8 Å². The number of hydrogen-bond acceptors (Lipinski definition) is 2. The first-order valence-corrected chi connectivity index (χ1v) is 4.94. The maximum atomic E-state index is 12.8. The van der Waals surface area contributed by atoms with Gasteiger partial charge < -0.3 is 4.74 Å². The zero-order valence-corrected chi connectivity index (χ0v) is 9.72. The number of nitrogens with zero attached hydrogens (tertiary/aromatic N) is 1. The molecule has 92 valence electrons. The average Bonchev–Trinajstić information content (AvgIpc) is 2.14. The zero-order chi connectivity index (χ0) is 13.3. The molecule has 2 nitrogen and oxygen atoms in total. The first-order valence-electron chi connectivity index (χ1n) is 4.94. The van der Waals surface area contributed by atoms with Crippen LogP contribution in [0.1, 0.15) is 31.9 Å². The smallest absolute Gasteiger partial charge is 0.420 e. The van der Waals surface area contributed by atoms with Crippen molar-refractivity contribution in [2.45, 2.75) is 32.5 Å². The first kappa shape index (κ1) is 13.4. The van der Waals surface area contributed by atoms with Crippen molar-refractivity contribution in [2.24, 2.45) is 0 Å². The van der Waals surface area contributed by atoms with Gasteiger partial charge in [0.1, 0.15) is 11.4 Å². The number of hydrogen-bond donors (Lipinski definition) is 0. The molecule has 0 fully saturated rings. The Morgan fingerprint density at radius 2 is 1.76 bits per heavy atom. The molecule has 0 saturated carbocycles. The summed E-state index contributed by atoms with van der Waals surface area (Å²) >= 11 is 0. The van der Waals surface area contributed by atoms with Crippen LogP contribution in [0.5, 0.6) is 5.75 Å². The normalized spacial score (nSPS) is 12.1. The third-order valence-electron chi connectivity index (χ3n) is 1.83. The SMILES string of the molecule is CC(C)(C)Oc1ccc(C#N)cc1C(F)(F)F.